The second-order valence-corrected chi connectivity index (χ2v) is 10.2. The second kappa shape index (κ2) is 11.1. The Balaban J connectivity index is 1.67. The fourth-order valence-electron chi connectivity index (χ4n) is 4.92. The van der Waals surface area contributed by atoms with E-state index in [0.717, 1.165) is 13.0 Å². The molecule has 0 bridgehead atoms. The summed E-state index contributed by atoms with van der Waals surface area (Å²) in [4.78, 5) is 0. The molecular weight excluding hydrogens is 549 g/mol. The van der Waals surface area contributed by atoms with Crippen molar-refractivity contribution in [3.8, 4) is 22.3 Å². The normalized spacial score (nSPS) is 21.2. The predicted molar refractivity (Wildman–Crippen MR) is 194 cm³/mol. The van der Waals surface area contributed by atoms with Gasteiger partial charge in [-0.05, 0) is 85.5 Å². The van der Waals surface area contributed by atoms with E-state index in [1.54, 1.807) is 0 Å². The number of allylic oxidation sites excluding steroid dienone is 3. The van der Waals surface area contributed by atoms with Crippen LogP contribution in [0.15, 0.2) is 163 Å². The zero-order valence-electron chi connectivity index (χ0n) is 48.5. The van der Waals surface area contributed by atoms with Crippen LogP contribution in [0, 0.1) is 0 Å². The number of benzene rings is 7. The van der Waals surface area contributed by atoms with Crippen LogP contribution in [0.1, 0.15) is 53.7 Å². The minimum absolute atomic E-state index is 0.0896. The molecule has 0 aliphatic heterocycles. The molecule has 1 aromatic heterocycles. The van der Waals surface area contributed by atoms with Gasteiger partial charge in [0.05, 0.1) is 35.6 Å². The van der Waals surface area contributed by atoms with Gasteiger partial charge in [-0.2, -0.15) is 0 Å². The lowest BCUT2D eigenvalue weighted by Gasteiger charge is -2.18. The van der Waals surface area contributed by atoms with Crippen LogP contribution in [0.2, 0.25) is 0 Å². The molecule has 1 heterocycles. The molecule has 0 amide bonds. The van der Waals surface area contributed by atoms with Crippen LogP contribution in [0.25, 0.3) is 69.5 Å². The third-order valence-corrected chi connectivity index (χ3v) is 7.79. The summed E-state index contributed by atoms with van der Waals surface area (Å²) in [5, 5.41) is -3.27. The summed E-state index contributed by atoms with van der Waals surface area (Å²) < 4.78 is 232. The van der Waals surface area contributed by atoms with Crippen molar-refractivity contribution in [3.05, 3.63) is 174 Å². The molecule has 8 rings (SSSR count). The smallest absolute Gasteiger partial charge is 0.0638 e. The Morgan fingerprint density at radius 1 is 0.545 bits per heavy atom. The highest BCUT2D eigenvalue weighted by atomic mass is 32.1. The molecule has 208 valence electrons. The van der Waals surface area contributed by atoms with Crippen molar-refractivity contribution < 1.29 is 35.6 Å². The van der Waals surface area contributed by atoms with Gasteiger partial charge in [-0.15, -0.1) is 11.3 Å². The Bertz CT molecular complexity index is 3730. The number of hydrogen-bond donors (Lipinski definition) is 0. The number of hydrogen-bond acceptors (Lipinski definition) is 1. The highest BCUT2D eigenvalue weighted by Crippen LogP contribution is 2.45. The Hall–Kier alpha value is -5.24. The van der Waals surface area contributed by atoms with Gasteiger partial charge in [0.2, 0.25) is 0 Å². The molecule has 44 heavy (non-hydrogen) atoms. The van der Waals surface area contributed by atoms with Crippen molar-refractivity contribution in [2.24, 2.45) is 0 Å². The summed E-state index contributed by atoms with van der Waals surface area (Å²) >= 11 is 0.692. The second-order valence-electron chi connectivity index (χ2n) is 9.21. The lowest BCUT2D eigenvalue weighted by atomic mass is 9.85. The fourth-order valence-corrected chi connectivity index (χ4v) is 5.84. The molecule has 0 spiro atoms. The van der Waals surface area contributed by atoms with Crippen LogP contribution in [0.3, 0.4) is 0 Å². The molecule has 0 saturated heterocycles. The first kappa shape index (κ1) is 10.7. The Morgan fingerprint density at radius 3 is 1.80 bits per heavy atom. The molecule has 0 nitrogen and oxygen atoms in total. The highest BCUT2D eigenvalue weighted by molar-refractivity contribution is 7.25. The molecule has 0 unspecified atom stereocenters. The SMILES string of the molecule is [2H]/C(C)=C([2H])/C([2H])=C(\c1cc([2H])c([2H])c([2H])c1[2H])c1c([2H])c([2H])c(-c2c3c([2H])c([2H])c([2H])c([2H])c3c(-c3c([2H])c([2H])c4sc5c([2H])c([2H])c([2H])c([2H])c5c4c3[2H])c3c([2H])c([2H])c([2H])c([2H])c23)c([2H])c1[2H]. The molecule has 8 aromatic rings. The van der Waals surface area contributed by atoms with Gasteiger partial charge in [0, 0.05) is 20.2 Å². The molecule has 1 heteroatoms. The van der Waals surface area contributed by atoms with Gasteiger partial charge in [-0.3, -0.25) is 0 Å². The van der Waals surface area contributed by atoms with Gasteiger partial charge >= 0.3 is 0 Å². The maximum Gasteiger partial charge on any atom is 0.0638 e. The van der Waals surface area contributed by atoms with E-state index in [2.05, 4.69) is 0 Å². The highest BCUT2D eigenvalue weighted by Gasteiger charge is 2.17. The third-order valence-electron chi connectivity index (χ3n) is 6.77. The van der Waals surface area contributed by atoms with E-state index < -0.39 is 218 Å². The molecule has 7 aromatic carbocycles. The van der Waals surface area contributed by atoms with Crippen molar-refractivity contribution in [1.82, 2.24) is 0 Å². The summed E-state index contributed by atoms with van der Waals surface area (Å²) in [5.41, 5.74) is -4.97. The summed E-state index contributed by atoms with van der Waals surface area (Å²) in [6.45, 7) is 1.12. The van der Waals surface area contributed by atoms with Crippen molar-refractivity contribution in [2.75, 3.05) is 0 Å². The Labute approximate surface area is 298 Å². The minimum atomic E-state index is -1.08. The molecule has 0 aliphatic rings. The summed E-state index contributed by atoms with van der Waals surface area (Å²) in [6.07, 6.45) is 0. The molecular formula is C43H30S. The van der Waals surface area contributed by atoms with Crippen LogP contribution in [-0.4, -0.2) is 0 Å². The van der Waals surface area contributed by atoms with Crippen LogP contribution >= 0.6 is 11.3 Å². The van der Waals surface area contributed by atoms with Gasteiger partial charge in [0.25, 0.3) is 0 Å². The Morgan fingerprint density at radius 2 is 1.11 bits per heavy atom. The van der Waals surface area contributed by atoms with Crippen molar-refractivity contribution in [2.45, 2.75) is 6.92 Å². The molecule has 0 aliphatic carbocycles. The quantitative estimate of drug-likeness (QED) is 0.135. The van der Waals surface area contributed by atoms with E-state index in [4.69, 9.17) is 20.6 Å². The number of rotatable bonds is 5. The van der Waals surface area contributed by atoms with Crippen LogP contribution in [0.4, 0.5) is 0 Å². The molecule has 0 saturated carbocycles. The van der Waals surface area contributed by atoms with Crippen molar-refractivity contribution in [1.29, 1.82) is 0 Å². The Kier molecular flexibility index (Phi) is 2.71. The maximum atomic E-state index is 9.68. The first-order chi connectivity index (χ1) is 32.6. The lowest BCUT2D eigenvalue weighted by molar-refractivity contribution is 1.54. The molecule has 0 atom stereocenters. The molecule has 0 N–H and O–H groups in total. The average molecular weight is 605 g/mol. The van der Waals surface area contributed by atoms with E-state index in [1.165, 1.54) is 0 Å². The van der Waals surface area contributed by atoms with Crippen molar-refractivity contribution in [3.63, 3.8) is 0 Å². The first-order valence-corrected chi connectivity index (χ1v) is 13.8. The topological polar surface area (TPSA) is 0 Å². The molecule has 0 fully saturated rings. The van der Waals surface area contributed by atoms with Gasteiger partial charge < -0.3 is 0 Å². The van der Waals surface area contributed by atoms with E-state index in [1.807, 2.05) is 0 Å². The third kappa shape index (κ3) is 4.45. The summed E-state index contributed by atoms with van der Waals surface area (Å²) in [6, 6.07) is -21.1. The first-order valence-electron chi connectivity index (χ1n) is 26.0. The number of fused-ring (bicyclic) bond motifs is 5. The van der Waals surface area contributed by atoms with E-state index in [0.29, 0.717) is 11.3 Å². The largest absolute Gasteiger partial charge is 0.135 e. The van der Waals surface area contributed by atoms with Crippen LogP contribution < -0.4 is 0 Å². The van der Waals surface area contributed by atoms with Crippen LogP contribution in [-0.2, 0) is 0 Å². The van der Waals surface area contributed by atoms with E-state index >= 15 is 0 Å². The lowest BCUT2D eigenvalue weighted by Crippen LogP contribution is -1.92. The van der Waals surface area contributed by atoms with Gasteiger partial charge in [-0.1, -0.05) is 145 Å². The summed E-state index contributed by atoms with van der Waals surface area (Å²) in [5.74, 6) is 0. The van der Waals surface area contributed by atoms with Crippen molar-refractivity contribution >= 4 is 58.6 Å². The standard InChI is InChI=1S/C43H30S/c1-2-3-15-33(29-13-5-4-6-14-29)30-22-24-31(25-23-30)42-35-17-7-9-19-37(35)43(38-20-10-8-18-36(38)42)32-26-27-41-39(28-32)34-16-11-12-21-40(34)44-41/h2-28H,1H3/b3-2-,33-15+/i2D,3D,4D,5D,6D,7D,8D,9D,10D,11D,12D,13D,15D,16D,17D,18D,19D,20D,21D,22D,23D,24D,25D,26D,27D,28D. The predicted octanol–water partition coefficient (Wildman–Crippen LogP) is 12.7. The van der Waals surface area contributed by atoms with Gasteiger partial charge in [0.15, 0.2) is 0 Å². The zero-order chi connectivity index (χ0) is 52.1. The monoisotopic (exact) mass is 604 g/mol. The van der Waals surface area contributed by atoms with Crippen LogP contribution in [0.5, 0.6) is 0 Å². The summed E-state index contributed by atoms with van der Waals surface area (Å²) in [7, 11) is 0. The van der Waals surface area contributed by atoms with E-state index in [-0.39, 0.29) is 20.2 Å². The minimum Gasteiger partial charge on any atom is -0.135 e. The fraction of sp³-hybridized carbons (Fsp3) is 0.0233. The van der Waals surface area contributed by atoms with Gasteiger partial charge in [0.1, 0.15) is 0 Å². The van der Waals surface area contributed by atoms with Gasteiger partial charge in [-0.25, -0.2) is 0 Å². The molecule has 0 radical (unpaired) electrons. The maximum absolute atomic E-state index is 9.68. The van der Waals surface area contributed by atoms with E-state index in [9.17, 15) is 15.1 Å². The average Bonchev–Trinajstić information content (AvgIpc) is 3.74. The zero-order valence-corrected chi connectivity index (χ0v) is 23.3. The number of thiophene rings is 1.